The summed E-state index contributed by atoms with van der Waals surface area (Å²) in [7, 11) is 2.90. The van der Waals surface area contributed by atoms with Crippen LogP contribution in [0, 0.1) is 0 Å². The third-order valence-electron chi connectivity index (χ3n) is 2.94. The first-order chi connectivity index (χ1) is 11.6. The summed E-state index contributed by atoms with van der Waals surface area (Å²) in [6.45, 7) is 3.51. The molecule has 2 aromatic carbocycles. The van der Waals surface area contributed by atoms with Gasteiger partial charge in [0, 0.05) is 12.8 Å². The number of hydrogen-bond acceptors (Lipinski definition) is 6. The van der Waals surface area contributed by atoms with Crippen LogP contribution in [-0.4, -0.2) is 11.9 Å². The Bertz CT molecular complexity index is 654. The lowest BCUT2D eigenvalue weighted by Crippen LogP contribution is -2.06. The molecule has 0 aliphatic rings. The van der Waals surface area contributed by atoms with Crippen molar-refractivity contribution in [1.82, 2.24) is 0 Å². The SMILES string of the molecule is CCC(=O)Oc1ccccc1SSc1ccccc1OC(=O)CC. The van der Waals surface area contributed by atoms with Crippen molar-refractivity contribution >= 4 is 33.5 Å². The van der Waals surface area contributed by atoms with E-state index in [0.29, 0.717) is 24.3 Å². The molecule has 0 heterocycles. The smallest absolute Gasteiger partial charge is 0.310 e. The zero-order valence-electron chi connectivity index (χ0n) is 13.5. The van der Waals surface area contributed by atoms with E-state index in [2.05, 4.69) is 0 Å². The van der Waals surface area contributed by atoms with Gasteiger partial charge in [-0.05, 0) is 45.9 Å². The molecule has 126 valence electrons. The van der Waals surface area contributed by atoms with E-state index in [0.717, 1.165) is 9.79 Å². The van der Waals surface area contributed by atoms with Gasteiger partial charge in [-0.1, -0.05) is 38.1 Å². The number of esters is 2. The van der Waals surface area contributed by atoms with E-state index < -0.39 is 0 Å². The second-order valence-electron chi connectivity index (χ2n) is 4.72. The maximum Gasteiger partial charge on any atom is 0.310 e. The first-order valence-corrected chi connectivity index (χ1v) is 9.73. The molecule has 0 saturated heterocycles. The molecule has 2 aromatic rings. The molecule has 0 aliphatic carbocycles. The average molecular weight is 362 g/mol. The minimum absolute atomic E-state index is 0.273. The fourth-order valence-electron chi connectivity index (χ4n) is 1.69. The standard InChI is InChI=1S/C18H18O4S2/c1-3-17(19)21-13-9-5-7-11-15(13)23-24-16-12-8-6-10-14(16)22-18(20)4-2/h5-12H,3-4H2,1-2H3. The maximum atomic E-state index is 11.5. The van der Waals surface area contributed by atoms with E-state index in [1.165, 1.54) is 21.6 Å². The predicted molar refractivity (Wildman–Crippen MR) is 96.5 cm³/mol. The Hall–Kier alpha value is -1.92. The van der Waals surface area contributed by atoms with Crippen molar-refractivity contribution in [2.75, 3.05) is 0 Å². The number of para-hydroxylation sites is 2. The normalized spacial score (nSPS) is 10.2. The summed E-state index contributed by atoms with van der Waals surface area (Å²) in [4.78, 5) is 24.7. The van der Waals surface area contributed by atoms with E-state index in [4.69, 9.17) is 9.47 Å². The Morgan fingerprint density at radius 1 is 0.750 bits per heavy atom. The molecule has 0 aliphatic heterocycles. The minimum Gasteiger partial charge on any atom is -0.425 e. The molecular weight excluding hydrogens is 344 g/mol. The summed E-state index contributed by atoms with van der Waals surface area (Å²) in [6, 6.07) is 14.7. The van der Waals surface area contributed by atoms with Gasteiger partial charge in [-0.25, -0.2) is 0 Å². The Balaban J connectivity index is 2.11. The van der Waals surface area contributed by atoms with Gasteiger partial charge in [0.05, 0.1) is 9.79 Å². The molecule has 0 saturated carbocycles. The van der Waals surface area contributed by atoms with Crippen molar-refractivity contribution in [3.8, 4) is 11.5 Å². The monoisotopic (exact) mass is 362 g/mol. The summed E-state index contributed by atoms with van der Waals surface area (Å²) >= 11 is 0. The Labute approximate surface area is 149 Å². The van der Waals surface area contributed by atoms with Crippen LogP contribution in [0.3, 0.4) is 0 Å². The number of rotatable bonds is 7. The van der Waals surface area contributed by atoms with Crippen LogP contribution in [0.5, 0.6) is 11.5 Å². The lowest BCUT2D eigenvalue weighted by molar-refractivity contribution is -0.135. The fourth-order valence-corrected chi connectivity index (χ4v) is 3.88. The van der Waals surface area contributed by atoms with Gasteiger partial charge in [0.15, 0.2) is 0 Å². The molecular formula is C18H18O4S2. The molecule has 0 atom stereocenters. The first-order valence-electron chi connectivity index (χ1n) is 7.58. The number of carbonyl (C=O) groups is 2. The summed E-state index contributed by atoms with van der Waals surface area (Å²) in [5, 5.41) is 0. The van der Waals surface area contributed by atoms with Crippen LogP contribution >= 0.6 is 21.6 Å². The van der Waals surface area contributed by atoms with Gasteiger partial charge in [0.25, 0.3) is 0 Å². The topological polar surface area (TPSA) is 52.6 Å². The number of hydrogen-bond donors (Lipinski definition) is 0. The van der Waals surface area contributed by atoms with Crippen LogP contribution in [0.4, 0.5) is 0 Å². The third-order valence-corrected chi connectivity index (χ3v) is 5.39. The first kappa shape index (κ1) is 18.4. The van der Waals surface area contributed by atoms with Crippen LogP contribution < -0.4 is 9.47 Å². The van der Waals surface area contributed by atoms with Crippen molar-refractivity contribution in [2.45, 2.75) is 36.5 Å². The van der Waals surface area contributed by atoms with Gasteiger partial charge < -0.3 is 9.47 Å². The molecule has 0 spiro atoms. The quantitative estimate of drug-likeness (QED) is 0.387. The van der Waals surface area contributed by atoms with E-state index in [1.54, 1.807) is 26.0 Å². The van der Waals surface area contributed by atoms with Crippen LogP contribution in [0.1, 0.15) is 26.7 Å². The van der Waals surface area contributed by atoms with Gasteiger partial charge in [-0.3, -0.25) is 9.59 Å². The molecule has 0 bridgehead atoms. The Morgan fingerprint density at radius 2 is 1.12 bits per heavy atom. The second kappa shape index (κ2) is 9.39. The van der Waals surface area contributed by atoms with Crippen molar-refractivity contribution in [3.63, 3.8) is 0 Å². The second-order valence-corrected chi connectivity index (χ2v) is 6.93. The Kier molecular flexibility index (Phi) is 7.21. The van der Waals surface area contributed by atoms with E-state index >= 15 is 0 Å². The van der Waals surface area contributed by atoms with Gasteiger partial charge in [-0.2, -0.15) is 0 Å². The molecule has 2 rings (SSSR count). The van der Waals surface area contributed by atoms with Gasteiger partial charge >= 0.3 is 11.9 Å². The highest BCUT2D eigenvalue weighted by Crippen LogP contribution is 2.44. The fraction of sp³-hybridized carbons (Fsp3) is 0.222. The van der Waals surface area contributed by atoms with Gasteiger partial charge in [-0.15, -0.1) is 0 Å². The average Bonchev–Trinajstić information content (AvgIpc) is 2.61. The van der Waals surface area contributed by atoms with Crippen LogP contribution in [0.15, 0.2) is 58.3 Å². The summed E-state index contributed by atoms with van der Waals surface area (Å²) < 4.78 is 10.7. The lowest BCUT2D eigenvalue weighted by Gasteiger charge is -2.10. The Morgan fingerprint density at radius 3 is 1.50 bits per heavy atom. The number of ether oxygens (including phenoxy) is 2. The molecule has 24 heavy (non-hydrogen) atoms. The molecule has 0 fully saturated rings. The lowest BCUT2D eigenvalue weighted by atomic mass is 10.3. The van der Waals surface area contributed by atoms with Crippen molar-refractivity contribution < 1.29 is 19.1 Å². The van der Waals surface area contributed by atoms with Crippen LogP contribution in [0.2, 0.25) is 0 Å². The summed E-state index contributed by atoms with van der Waals surface area (Å²) in [5.41, 5.74) is 0. The minimum atomic E-state index is -0.273. The van der Waals surface area contributed by atoms with Gasteiger partial charge in [0.2, 0.25) is 0 Å². The maximum absolute atomic E-state index is 11.5. The zero-order valence-corrected chi connectivity index (χ0v) is 15.1. The molecule has 0 N–H and O–H groups in total. The molecule has 0 amide bonds. The zero-order chi connectivity index (χ0) is 17.4. The predicted octanol–water partition coefficient (Wildman–Crippen LogP) is 5.12. The molecule has 4 nitrogen and oxygen atoms in total. The van der Waals surface area contributed by atoms with E-state index in [9.17, 15) is 9.59 Å². The largest absolute Gasteiger partial charge is 0.425 e. The van der Waals surface area contributed by atoms with Crippen molar-refractivity contribution in [2.24, 2.45) is 0 Å². The third kappa shape index (κ3) is 5.32. The van der Waals surface area contributed by atoms with Crippen LogP contribution in [-0.2, 0) is 9.59 Å². The van der Waals surface area contributed by atoms with E-state index in [1.807, 2.05) is 36.4 Å². The molecule has 0 radical (unpaired) electrons. The molecule has 0 aromatic heterocycles. The molecule has 6 heteroatoms. The highest BCUT2D eigenvalue weighted by Gasteiger charge is 2.12. The van der Waals surface area contributed by atoms with Crippen LogP contribution in [0.25, 0.3) is 0 Å². The number of benzene rings is 2. The van der Waals surface area contributed by atoms with Gasteiger partial charge in [0.1, 0.15) is 11.5 Å². The number of carbonyl (C=O) groups excluding carboxylic acids is 2. The van der Waals surface area contributed by atoms with E-state index in [-0.39, 0.29) is 11.9 Å². The molecule has 0 unspecified atom stereocenters. The highest BCUT2D eigenvalue weighted by molar-refractivity contribution is 8.76. The summed E-state index contributed by atoms with van der Waals surface area (Å²) in [6.07, 6.45) is 0.643. The highest BCUT2D eigenvalue weighted by atomic mass is 33.1. The van der Waals surface area contributed by atoms with Crippen molar-refractivity contribution in [3.05, 3.63) is 48.5 Å². The summed E-state index contributed by atoms with van der Waals surface area (Å²) in [5.74, 6) is 0.519. The van der Waals surface area contributed by atoms with Crippen molar-refractivity contribution in [1.29, 1.82) is 0 Å².